The van der Waals surface area contributed by atoms with Gasteiger partial charge in [0.15, 0.2) is 12.2 Å². The molecule has 19 heteroatoms. The average Bonchev–Trinajstić information content (AvgIpc) is 3.52. The van der Waals surface area contributed by atoms with Crippen molar-refractivity contribution in [1.82, 2.24) is 0 Å². The number of carbonyl (C=O) groups is 4. The Balaban J connectivity index is 5.18. The molecule has 3 N–H and O–H groups in total. The first kappa shape index (κ1) is 89.1. The van der Waals surface area contributed by atoms with Crippen LogP contribution in [-0.4, -0.2) is 96.7 Å². The van der Waals surface area contributed by atoms with Crippen molar-refractivity contribution in [2.75, 3.05) is 39.6 Å². The Morgan fingerprint density at radius 3 is 0.747 bits per heavy atom. The first-order valence-electron chi connectivity index (χ1n) is 37.6. The van der Waals surface area contributed by atoms with Crippen LogP contribution in [0.25, 0.3) is 0 Å². The molecule has 2 unspecified atom stereocenters. The van der Waals surface area contributed by atoms with Crippen LogP contribution in [0.4, 0.5) is 0 Å². The van der Waals surface area contributed by atoms with Gasteiger partial charge in [-0.3, -0.25) is 37.3 Å². The van der Waals surface area contributed by atoms with E-state index in [9.17, 15) is 43.2 Å². The van der Waals surface area contributed by atoms with E-state index in [-0.39, 0.29) is 25.7 Å². The third-order valence-electron chi connectivity index (χ3n) is 16.8. The van der Waals surface area contributed by atoms with Crippen LogP contribution in [0.5, 0.6) is 0 Å². The number of aliphatic hydroxyl groups excluding tert-OH is 1. The lowest BCUT2D eigenvalue weighted by atomic mass is 10.0. The number of ether oxygens (including phenoxy) is 4. The third kappa shape index (κ3) is 66.5. The summed E-state index contributed by atoms with van der Waals surface area (Å²) in [5, 5.41) is 10.6. The van der Waals surface area contributed by atoms with Gasteiger partial charge in [-0.15, -0.1) is 0 Å². The van der Waals surface area contributed by atoms with Gasteiger partial charge >= 0.3 is 39.5 Å². The summed E-state index contributed by atoms with van der Waals surface area (Å²) in [4.78, 5) is 72.5. The van der Waals surface area contributed by atoms with Crippen molar-refractivity contribution in [2.45, 2.75) is 393 Å². The molecule has 0 aromatic rings. The summed E-state index contributed by atoms with van der Waals surface area (Å²) in [5.74, 6) is -1.33. The van der Waals surface area contributed by atoms with Crippen molar-refractivity contribution in [2.24, 2.45) is 5.92 Å². The SMILES string of the molecule is CCCCCCCCCCCCCCCCCCCCC(=O)O[C@H](COC(=O)CCCCCCCCCCCCCCCC(C)C)COP(=O)(O)OC[C@@H](O)COP(=O)(O)OC[C@@H](COC(=O)CCCCCCCCCC)OC(=O)CCCCCCCCCCC. The van der Waals surface area contributed by atoms with Gasteiger partial charge in [0.1, 0.15) is 19.3 Å². The molecule has 0 saturated carbocycles. The Bertz CT molecular complexity index is 1750. The number of esters is 4. The monoisotopic (exact) mass is 1340 g/mol. The standard InChI is InChI=1S/C72H140O17P2/c1-6-9-12-15-18-21-22-23-24-25-26-27-30-34-38-43-48-53-58-72(77)89-68(62-83-70(75)56-51-46-41-37-33-31-28-29-32-36-39-44-49-54-65(4)5)64-87-91(80,81)85-60-66(73)59-84-90(78,79)86-63-67(61-82-69(74)55-50-45-40-20-17-14-11-8-3)88-71(76)57-52-47-42-35-19-16-13-10-7-2/h65-68,73H,6-64H2,1-5H3,(H,78,79)(H,80,81)/t66-,67+,68+/m0/s1. The second kappa shape index (κ2) is 65.4. The first-order valence-corrected chi connectivity index (χ1v) is 40.6. The molecular weight excluding hydrogens is 1200 g/mol. The zero-order chi connectivity index (χ0) is 67.0. The molecule has 0 heterocycles. The van der Waals surface area contributed by atoms with Gasteiger partial charge in [0.2, 0.25) is 0 Å². The number of unbranched alkanes of at least 4 members (excludes halogenated alkanes) is 44. The molecule has 0 aliphatic rings. The van der Waals surface area contributed by atoms with E-state index in [4.69, 9.17) is 37.0 Å². The topological polar surface area (TPSA) is 237 Å². The zero-order valence-electron chi connectivity index (χ0n) is 59.0. The Kier molecular flexibility index (Phi) is 64.0. The average molecular weight is 1340 g/mol. The summed E-state index contributed by atoms with van der Waals surface area (Å²) >= 11 is 0. The number of phosphoric ester groups is 2. The Morgan fingerprint density at radius 1 is 0.297 bits per heavy atom. The summed E-state index contributed by atoms with van der Waals surface area (Å²) < 4.78 is 68.2. The van der Waals surface area contributed by atoms with Gasteiger partial charge < -0.3 is 33.8 Å². The second-order valence-corrected chi connectivity index (χ2v) is 29.4. The van der Waals surface area contributed by atoms with Gasteiger partial charge in [-0.25, -0.2) is 9.13 Å². The normalized spacial score (nSPS) is 14.0. The summed E-state index contributed by atoms with van der Waals surface area (Å²) in [6, 6.07) is 0. The molecule has 0 aliphatic carbocycles. The number of aliphatic hydroxyl groups is 1. The molecule has 0 saturated heterocycles. The minimum Gasteiger partial charge on any atom is -0.462 e. The molecule has 0 fully saturated rings. The smallest absolute Gasteiger partial charge is 0.462 e. The van der Waals surface area contributed by atoms with Crippen LogP contribution in [0.15, 0.2) is 0 Å². The van der Waals surface area contributed by atoms with Crippen LogP contribution in [0, 0.1) is 5.92 Å². The zero-order valence-corrected chi connectivity index (χ0v) is 60.8. The Morgan fingerprint density at radius 2 is 0.505 bits per heavy atom. The van der Waals surface area contributed by atoms with E-state index in [2.05, 4.69) is 34.6 Å². The quantitative estimate of drug-likeness (QED) is 0.0222. The molecular formula is C72H140O17P2. The van der Waals surface area contributed by atoms with E-state index in [0.29, 0.717) is 25.7 Å². The Labute approximate surface area is 556 Å². The molecule has 540 valence electrons. The number of phosphoric acid groups is 2. The number of hydrogen-bond donors (Lipinski definition) is 3. The van der Waals surface area contributed by atoms with E-state index in [1.54, 1.807) is 0 Å². The lowest BCUT2D eigenvalue weighted by Crippen LogP contribution is -2.30. The molecule has 0 bridgehead atoms. The third-order valence-corrected chi connectivity index (χ3v) is 18.7. The highest BCUT2D eigenvalue weighted by Gasteiger charge is 2.30. The van der Waals surface area contributed by atoms with Crippen molar-refractivity contribution < 1.29 is 80.2 Å². The molecule has 0 aromatic carbocycles. The van der Waals surface area contributed by atoms with Gasteiger partial charge in [0, 0.05) is 25.7 Å². The molecule has 0 aliphatic heterocycles. The molecule has 0 rings (SSSR count). The highest BCUT2D eigenvalue weighted by Crippen LogP contribution is 2.45. The fourth-order valence-corrected chi connectivity index (χ4v) is 12.6. The maximum Gasteiger partial charge on any atom is 0.472 e. The molecule has 0 aromatic heterocycles. The minimum atomic E-state index is -4.95. The van der Waals surface area contributed by atoms with Gasteiger partial charge in [-0.05, 0) is 31.6 Å². The highest BCUT2D eigenvalue weighted by atomic mass is 31.2. The van der Waals surface area contributed by atoms with Crippen molar-refractivity contribution in [1.29, 1.82) is 0 Å². The number of carbonyl (C=O) groups excluding carboxylic acids is 4. The van der Waals surface area contributed by atoms with E-state index in [1.165, 1.54) is 193 Å². The second-order valence-electron chi connectivity index (χ2n) is 26.5. The van der Waals surface area contributed by atoms with Gasteiger partial charge in [-0.2, -0.15) is 0 Å². The van der Waals surface area contributed by atoms with E-state index in [0.717, 1.165) is 102 Å². The van der Waals surface area contributed by atoms with Crippen molar-refractivity contribution in [3.05, 3.63) is 0 Å². The van der Waals surface area contributed by atoms with E-state index in [1.807, 2.05) is 0 Å². The molecule has 0 spiro atoms. The largest absolute Gasteiger partial charge is 0.472 e. The fourth-order valence-electron chi connectivity index (χ4n) is 11.0. The lowest BCUT2D eigenvalue weighted by molar-refractivity contribution is -0.161. The number of hydrogen-bond acceptors (Lipinski definition) is 15. The minimum absolute atomic E-state index is 0.106. The molecule has 91 heavy (non-hydrogen) atoms. The molecule has 0 amide bonds. The molecule has 5 atom stereocenters. The van der Waals surface area contributed by atoms with Crippen LogP contribution < -0.4 is 0 Å². The van der Waals surface area contributed by atoms with Crippen molar-refractivity contribution in [3.8, 4) is 0 Å². The van der Waals surface area contributed by atoms with Crippen LogP contribution >= 0.6 is 15.6 Å². The first-order chi connectivity index (χ1) is 44.0. The number of rotatable bonds is 72. The summed E-state index contributed by atoms with van der Waals surface area (Å²) in [5.41, 5.74) is 0. The van der Waals surface area contributed by atoms with E-state index >= 15 is 0 Å². The maximum absolute atomic E-state index is 13.0. The Hall–Kier alpha value is -1.94. The molecule has 0 radical (unpaired) electrons. The highest BCUT2D eigenvalue weighted by molar-refractivity contribution is 7.47. The van der Waals surface area contributed by atoms with Crippen LogP contribution in [0.3, 0.4) is 0 Å². The lowest BCUT2D eigenvalue weighted by Gasteiger charge is -2.21. The van der Waals surface area contributed by atoms with Gasteiger partial charge in [0.25, 0.3) is 0 Å². The van der Waals surface area contributed by atoms with E-state index < -0.39 is 97.5 Å². The maximum atomic E-state index is 13.0. The summed E-state index contributed by atoms with van der Waals surface area (Å²) in [7, 11) is -9.90. The fraction of sp³-hybridized carbons (Fsp3) is 0.944. The summed E-state index contributed by atoms with van der Waals surface area (Å²) in [6.45, 7) is 7.24. The van der Waals surface area contributed by atoms with Crippen LogP contribution in [0.1, 0.15) is 375 Å². The predicted octanol–water partition coefficient (Wildman–Crippen LogP) is 20.9. The molecule has 17 nitrogen and oxygen atoms in total. The predicted molar refractivity (Wildman–Crippen MR) is 368 cm³/mol. The van der Waals surface area contributed by atoms with Crippen molar-refractivity contribution >= 4 is 39.5 Å². The van der Waals surface area contributed by atoms with Crippen LogP contribution in [0.2, 0.25) is 0 Å². The van der Waals surface area contributed by atoms with Gasteiger partial charge in [-0.1, -0.05) is 324 Å². The van der Waals surface area contributed by atoms with Crippen molar-refractivity contribution in [3.63, 3.8) is 0 Å². The van der Waals surface area contributed by atoms with Gasteiger partial charge in [0.05, 0.1) is 26.4 Å². The summed E-state index contributed by atoms with van der Waals surface area (Å²) in [6.07, 6.45) is 52.8. The van der Waals surface area contributed by atoms with Crippen LogP contribution in [-0.2, 0) is 65.4 Å².